The molecule has 0 saturated carbocycles. The average Bonchev–Trinajstić information content (AvgIpc) is 3.31. The quantitative estimate of drug-likeness (QED) is 0.0212. The van der Waals surface area contributed by atoms with Crippen molar-refractivity contribution in [3.05, 3.63) is 109 Å². The summed E-state index contributed by atoms with van der Waals surface area (Å²) in [5.74, 6) is -0.646. The van der Waals surface area contributed by atoms with E-state index in [9.17, 15) is 19.0 Å². The molecule has 0 aromatic heterocycles. The number of ether oxygens (including phenoxy) is 1. The summed E-state index contributed by atoms with van der Waals surface area (Å²) in [6.07, 6.45) is 64.9. The number of rotatable bonds is 47. The van der Waals surface area contributed by atoms with Crippen LogP contribution in [0.4, 0.5) is 0 Å². The van der Waals surface area contributed by atoms with Gasteiger partial charge in [-0.05, 0) is 102 Å². The molecule has 394 valence electrons. The van der Waals surface area contributed by atoms with Gasteiger partial charge in [-0.2, -0.15) is 0 Å². The van der Waals surface area contributed by atoms with E-state index in [1.165, 1.54) is 51.4 Å². The lowest BCUT2D eigenvalue weighted by Crippen LogP contribution is -2.47. The molecule has 3 unspecified atom stereocenters. The van der Waals surface area contributed by atoms with Gasteiger partial charge in [-0.25, -0.2) is 0 Å². The highest BCUT2D eigenvalue weighted by atomic mass is 31.2. The number of hydrogen-bond acceptors (Lipinski definition) is 7. The highest BCUT2D eigenvalue weighted by Crippen LogP contribution is 2.38. The SMILES string of the molecule is CC/C=C\C/C=C\C/C=C\C/C=C\C/C=C\CCCC(=O)OC(/C=C/CCCCCCCCCCCC)C(COP(=O)([O-])OCC[N+](C)(C)C)NC(=O)CCCCCC/C=C/C/C=C/C/C=C/CC. The molecule has 0 spiro atoms. The van der Waals surface area contributed by atoms with Gasteiger partial charge >= 0.3 is 5.97 Å². The third kappa shape index (κ3) is 49.4. The number of nitrogens with one attached hydrogen (secondary N) is 1. The minimum absolute atomic E-state index is 0.0415. The maximum atomic E-state index is 13.4. The second-order valence-electron chi connectivity index (χ2n) is 19.0. The van der Waals surface area contributed by atoms with Crippen molar-refractivity contribution in [2.45, 2.75) is 213 Å². The Morgan fingerprint density at radius 3 is 1.42 bits per heavy atom. The van der Waals surface area contributed by atoms with Gasteiger partial charge in [-0.3, -0.25) is 14.2 Å². The van der Waals surface area contributed by atoms with Gasteiger partial charge in [-0.1, -0.05) is 195 Å². The molecule has 9 nitrogen and oxygen atoms in total. The molecular weight excluding hydrogens is 880 g/mol. The third-order valence-corrected chi connectivity index (χ3v) is 12.2. The number of carbonyl (C=O) groups excluding carboxylic acids is 2. The highest BCUT2D eigenvalue weighted by molar-refractivity contribution is 7.45. The highest BCUT2D eigenvalue weighted by Gasteiger charge is 2.27. The molecule has 0 aliphatic heterocycles. The topological polar surface area (TPSA) is 114 Å². The summed E-state index contributed by atoms with van der Waals surface area (Å²) in [7, 11) is 1.12. The average molecular weight is 981 g/mol. The molecule has 10 heteroatoms. The van der Waals surface area contributed by atoms with Gasteiger partial charge < -0.3 is 28.5 Å². The Morgan fingerprint density at radius 2 is 0.942 bits per heavy atom. The summed E-state index contributed by atoms with van der Waals surface area (Å²) in [6.45, 7) is 6.52. The van der Waals surface area contributed by atoms with Crippen molar-refractivity contribution in [1.29, 1.82) is 0 Å². The fourth-order valence-corrected chi connectivity index (χ4v) is 7.76. The van der Waals surface area contributed by atoms with Crippen LogP contribution in [0, 0.1) is 0 Å². The Labute approximate surface area is 423 Å². The van der Waals surface area contributed by atoms with E-state index in [4.69, 9.17) is 13.8 Å². The van der Waals surface area contributed by atoms with E-state index in [1.807, 2.05) is 27.2 Å². The minimum Gasteiger partial charge on any atom is -0.756 e. The standard InChI is InChI=1S/C59H101N2O7P/c1-7-10-13-16-19-22-25-28-30-31-32-34-37-40-43-46-49-52-59(63)68-57(50-47-44-41-38-35-27-24-21-18-15-12-9-3)56(55-67-69(64,65)66-54-53-61(4,5)6)60-58(62)51-48-45-42-39-36-33-29-26-23-20-17-14-11-8-2/h10-11,13-14,19-20,22-23,28-30,32-34,40,43,47,50,56-57H,7-9,12,15-18,21,24-27,31,35-39,41-42,44-46,48-49,51-55H2,1-6H3,(H-,60,62,64,65)/b13-10-,14-11+,22-19-,23-20+,30-28-,33-29+,34-32-,43-40-,50-47+. The molecule has 1 N–H and O–H groups in total. The molecule has 0 heterocycles. The number of amides is 1. The van der Waals surface area contributed by atoms with Gasteiger partial charge in [0, 0.05) is 12.8 Å². The van der Waals surface area contributed by atoms with Crippen LogP contribution in [0.2, 0.25) is 0 Å². The van der Waals surface area contributed by atoms with E-state index in [1.54, 1.807) is 6.08 Å². The zero-order valence-corrected chi connectivity index (χ0v) is 45.6. The fourth-order valence-electron chi connectivity index (χ4n) is 7.04. The van der Waals surface area contributed by atoms with Gasteiger partial charge in [-0.15, -0.1) is 0 Å². The molecule has 0 aliphatic rings. The maximum Gasteiger partial charge on any atom is 0.306 e. The third-order valence-electron chi connectivity index (χ3n) is 11.2. The molecule has 0 saturated heterocycles. The Bertz CT molecular complexity index is 1550. The smallest absolute Gasteiger partial charge is 0.306 e. The number of phosphoric ester groups is 1. The van der Waals surface area contributed by atoms with Crippen LogP contribution in [0.3, 0.4) is 0 Å². The number of phosphoric acid groups is 1. The van der Waals surface area contributed by atoms with Crippen LogP contribution in [0.25, 0.3) is 0 Å². The Hall–Kier alpha value is -3.33. The lowest BCUT2D eigenvalue weighted by atomic mass is 10.1. The molecule has 69 heavy (non-hydrogen) atoms. The molecule has 0 radical (unpaired) electrons. The minimum atomic E-state index is -4.72. The number of allylic oxidation sites excluding steroid dienone is 17. The molecule has 0 aromatic carbocycles. The van der Waals surface area contributed by atoms with Crippen molar-refractivity contribution in [3.63, 3.8) is 0 Å². The first kappa shape index (κ1) is 65.7. The van der Waals surface area contributed by atoms with Gasteiger partial charge in [0.1, 0.15) is 19.3 Å². The zero-order chi connectivity index (χ0) is 50.8. The van der Waals surface area contributed by atoms with E-state index in [2.05, 4.69) is 123 Å². The lowest BCUT2D eigenvalue weighted by molar-refractivity contribution is -0.870. The van der Waals surface area contributed by atoms with Crippen molar-refractivity contribution in [2.24, 2.45) is 0 Å². The molecule has 0 bridgehead atoms. The largest absolute Gasteiger partial charge is 0.756 e. The van der Waals surface area contributed by atoms with Crippen LogP contribution in [0.1, 0.15) is 201 Å². The van der Waals surface area contributed by atoms with Gasteiger partial charge in [0.25, 0.3) is 7.82 Å². The maximum absolute atomic E-state index is 13.4. The van der Waals surface area contributed by atoms with Crippen molar-refractivity contribution in [3.8, 4) is 0 Å². The molecule has 1 amide bonds. The second kappa shape index (κ2) is 48.3. The molecular formula is C59H101N2O7P. The van der Waals surface area contributed by atoms with Crippen LogP contribution in [0.15, 0.2) is 109 Å². The van der Waals surface area contributed by atoms with Crippen LogP contribution >= 0.6 is 7.82 Å². The monoisotopic (exact) mass is 981 g/mol. The molecule has 0 aromatic rings. The van der Waals surface area contributed by atoms with Crippen molar-refractivity contribution >= 4 is 19.7 Å². The molecule has 0 aliphatic carbocycles. The predicted molar refractivity (Wildman–Crippen MR) is 293 cm³/mol. The number of carbonyl (C=O) groups is 2. The Morgan fingerprint density at radius 1 is 0.522 bits per heavy atom. The number of unbranched alkanes of at least 4 members (excludes halogenated alkanes) is 15. The van der Waals surface area contributed by atoms with E-state index in [0.717, 1.165) is 103 Å². The molecule has 0 rings (SSSR count). The first-order valence-corrected chi connectivity index (χ1v) is 28.7. The van der Waals surface area contributed by atoms with Gasteiger partial charge in [0.15, 0.2) is 0 Å². The summed E-state index contributed by atoms with van der Waals surface area (Å²) >= 11 is 0. The summed E-state index contributed by atoms with van der Waals surface area (Å²) in [4.78, 5) is 39.7. The van der Waals surface area contributed by atoms with Crippen molar-refractivity contribution in [1.82, 2.24) is 5.32 Å². The van der Waals surface area contributed by atoms with Crippen LogP contribution in [0.5, 0.6) is 0 Å². The Kier molecular flexibility index (Phi) is 46.0. The van der Waals surface area contributed by atoms with E-state index in [-0.39, 0.29) is 25.4 Å². The number of hydrogen-bond donors (Lipinski definition) is 1. The molecule has 3 atom stereocenters. The number of quaternary nitrogens is 1. The van der Waals surface area contributed by atoms with Crippen LogP contribution < -0.4 is 10.2 Å². The van der Waals surface area contributed by atoms with E-state index in [0.29, 0.717) is 23.9 Å². The summed E-state index contributed by atoms with van der Waals surface area (Å²) in [5, 5.41) is 2.98. The summed E-state index contributed by atoms with van der Waals surface area (Å²) < 4.78 is 30.1. The van der Waals surface area contributed by atoms with Crippen molar-refractivity contribution < 1.29 is 37.3 Å². The summed E-state index contributed by atoms with van der Waals surface area (Å²) in [6, 6.07) is -0.928. The van der Waals surface area contributed by atoms with Gasteiger partial charge in [0.05, 0.1) is 33.8 Å². The second-order valence-corrected chi connectivity index (χ2v) is 20.4. The van der Waals surface area contributed by atoms with E-state index < -0.39 is 32.5 Å². The zero-order valence-electron chi connectivity index (χ0n) is 44.7. The van der Waals surface area contributed by atoms with Crippen molar-refractivity contribution in [2.75, 3.05) is 40.9 Å². The first-order chi connectivity index (χ1) is 33.4. The van der Waals surface area contributed by atoms with Crippen LogP contribution in [-0.4, -0.2) is 69.4 Å². The first-order valence-electron chi connectivity index (χ1n) is 27.2. The van der Waals surface area contributed by atoms with E-state index >= 15 is 0 Å². The normalized spacial score (nSPS) is 14.7. The summed E-state index contributed by atoms with van der Waals surface area (Å²) in [5.41, 5.74) is 0. The lowest BCUT2D eigenvalue weighted by Gasteiger charge is -2.30. The Balaban J connectivity index is 5.54. The molecule has 0 fully saturated rings. The van der Waals surface area contributed by atoms with Gasteiger partial charge in [0.2, 0.25) is 5.91 Å². The number of esters is 1. The fraction of sp³-hybridized carbons (Fsp3) is 0.661. The number of nitrogens with zero attached hydrogens (tertiary/aromatic N) is 1. The van der Waals surface area contributed by atoms with Crippen LogP contribution in [-0.2, 0) is 27.9 Å². The number of likely N-dealkylation sites (N-methyl/N-ethyl adjacent to an activating group) is 1. The predicted octanol–water partition coefficient (Wildman–Crippen LogP) is 15.6.